The van der Waals surface area contributed by atoms with E-state index in [1.54, 1.807) is 11.8 Å². The number of hydrogen-bond acceptors (Lipinski definition) is 4. The maximum Gasteiger partial charge on any atom is 0.190 e. The molecule has 1 heterocycles. The Morgan fingerprint density at radius 3 is 2.46 bits per heavy atom. The summed E-state index contributed by atoms with van der Waals surface area (Å²) in [6.07, 6.45) is 12.4. The summed E-state index contributed by atoms with van der Waals surface area (Å²) in [6, 6.07) is 0. The van der Waals surface area contributed by atoms with Crippen molar-refractivity contribution >= 4 is 41.7 Å². The molecule has 1 aliphatic rings. The van der Waals surface area contributed by atoms with Gasteiger partial charge in [-0.15, -0.1) is 34.2 Å². The van der Waals surface area contributed by atoms with Crippen LogP contribution in [0.5, 0.6) is 0 Å². The highest BCUT2D eigenvalue weighted by atomic mass is 127. The Kier molecular flexibility index (Phi) is 13.2. The van der Waals surface area contributed by atoms with Crippen LogP contribution in [0.25, 0.3) is 0 Å². The molecule has 0 atom stereocenters. The molecule has 162 valence electrons. The zero-order valence-electron chi connectivity index (χ0n) is 18.0. The molecule has 1 saturated carbocycles. The molecule has 0 spiro atoms. The minimum Gasteiger partial charge on any atom is -0.356 e. The Balaban J connectivity index is 0.00000392. The van der Waals surface area contributed by atoms with Crippen LogP contribution >= 0.6 is 35.7 Å². The van der Waals surface area contributed by atoms with Gasteiger partial charge in [-0.3, -0.25) is 4.99 Å². The lowest BCUT2D eigenvalue weighted by Crippen LogP contribution is -2.38. The standard InChI is InChI=1S/C20H38N6S.HI/c1-16(2)15-26-18(24-25-20(26)27-4)12-8-14-23-19(21-3)22-13-7-11-17-9-5-6-10-17;/h16-17H,5-15H2,1-4H3,(H2,21,22,23);1H. The van der Waals surface area contributed by atoms with Gasteiger partial charge in [0.15, 0.2) is 11.1 Å². The van der Waals surface area contributed by atoms with Gasteiger partial charge in [0.25, 0.3) is 0 Å². The number of aliphatic imine (C=N–C) groups is 1. The largest absolute Gasteiger partial charge is 0.356 e. The van der Waals surface area contributed by atoms with Crippen molar-refractivity contribution in [2.45, 2.75) is 76.9 Å². The van der Waals surface area contributed by atoms with Gasteiger partial charge in [-0.25, -0.2) is 0 Å². The molecule has 1 aromatic rings. The second-order valence-corrected chi connectivity index (χ2v) is 8.70. The van der Waals surface area contributed by atoms with E-state index in [1.807, 2.05) is 7.05 Å². The van der Waals surface area contributed by atoms with Gasteiger partial charge in [0.2, 0.25) is 0 Å². The third kappa shape index (κ3) is 8.88. The number of aryl methyl sites for hydroxylation is 1. The smallest absolute Gasteiger partial charge is 0.190 e. The summed E-state index contributed by atoms with van der Waals surface area (Å²) in [5.74, 6) is 3.57. The van der Waals surface area contributed by atoms with Crippen molar-refractivity contribution in [3.05, 3.63) is 5.82 Å². The fraction of sp³-hybridized carbons (Fsp3) is 0.850. The number of nitrogens with zero attached hydrogens (tertiary/aromatic N) is 4. The van der Waals surface area contributed by atoms with E-state index in [2.05, 4.69) is 50.5 Å². The highest BCUT2D eigenvalue weighted by Crippen LogP contribution is 2.28. The van der Waals surface area contributed by atoms with Crippen LogP contribution in [0.1, 0.15) is 64.6 Å². The first kappa shape index (κ1) is 25.5. The van der Waals surface area contributed by atoms with Gasteiger partial charge in [-0.1, -0.05) is 51.3 Å². The lowest BCUT2D eigenvalue weighted by atomic mass is 10.0. The Labute approximate surface area is 192 Å². The molecule has 1 aliphatic carbocycles. The molecule has 0 aromatic carbocycles. The monoisotopic (exact) mass is 522 g/mol. The molecule has 0 bridgehead atoms. The number of hydrogen-bond donors (Lipinski definition) is 2. The van der Waals surface area contributed by atoms with E-state index < -0.39 is 0 Å². The van der Waals surface area contributed by atoms with Crippen LogP contribution in [0.3, 0.4) is 0 Å². The van der Waals surface area contributed by atoms with E-state index in [9.17, 15) is 0 Å². The minimum atomic E-state index is 0. The third-order valence-corrected chi connectivity index (χ3v) is 5.84. The molecule has 2 rings (SSSR count). The van der Waals surface area contributed by atoms with Crippen LogP contribution in [0.4, 0.5) is 0 Å². The molecule has 8 heteroatoms. The van der Waals surface area contributed by atoms with E-state index in [-0.39, 0.29) is 24.0 Å². The third-order valence-electron chi connectivity index (χ3n) is 5.17. The molecule has 1 fully saturated rings. The first-order valence-electron chi connectivity index (χ1n) is 10.5. The van der Waals surface area contributed by atoms with Crippen LogP contribution in [0, 0.1) is 11.8 Å². The molecule has 6 nitrogen and oxygen atoms in total. The molecule has 1 aromatic heterocycles. The van der Waals surface area contributed by atoms with Crippen molar-refractivity contribution in [1.82, 2.24) is 25.4 Å². The van der Waals surface area contributed by atoms with E-state index in [0.717, 1.165) is 55.3 Å². The van der Waals surface area contributed by atoms with Crippen molar-refractivity contribution in [2.24, 2.45) is 16.8 Å². The molecular weight excluding hydrogens is 483 g/mol. The van der Waals surface area contributed by atoms with Crippen LogP contribution in [-0.2, 0) is 13.0 Å². The summed E-state index contributed by atoms with van der Waals surface area (Å²) < 4.78 is 2.27. The summed E-state index contributed by atoms with van der Waals surface area (Å²) in [6.45, 7) is 7.35. The van der Waals surface area contributed by atoms with Crippen molar-refractivity contribution in [1.29, 1.82) is 0 Å². The number of aromatic nitrogens is 3. The molecule has 0 unspecified atom stereocenters. The SMILES string of the molecule is CN=C(NCCCc1nnc(SC)n1CC(C)C)NCCCC1CCCC1.I. The summed E-state index contributed by atoms with van der Waals surface area (Å²) in [7, 11) is 1.84. The number of rotatable bonds is 11. The van der Waals surface area contributed by atoms with E-state index in [0.29, 0.717) is 5.92 Å². The molecule has 0 amide bonds. The average molecular weight is 523 g/mol. The maximum atomic E-state index is 4.39. The fourth-order valence-corrected chi connectivity index (χ4v) is 4.30. The van der Waals surface area contributed by atoms with Crippen LogP contribution in [0.15, 0.2) is 10.1 Å². The van der Waals surface area contributed by atoms with Crippen molar-refractivity contribution in [3.63, 3.8) is 0 Å². The molecule has 0 radical (unpaired) electrons. The van der Waals surface area contributed by atoms with Gasteiger partial charge >= 0.3 is 0 Å². The predicted octanol–water partition coefficient (Wildman–Crippen LogP) is 4.34. The van der Waals surface area contributed by atoms with Crippen molar-refractivity contribution in [3.8, 4) is 0 Å². The van der Waals surface area contributed by atoms with Crippen molar-refractivity contribution < 1.29 is 0 Å². The lowest BCUT2D eigenvalue weighted by molar-refractivity contribution is 0.476. The highest BCUT2D eigenvalue weighted by molar-refractivity contribution is 14.0. The minimum absolute atomic E-state index is 0. The number of guanidine groups is 1. The van der Waals surface area contributed by atoms with Gasteiger partial charge in [0, 0.05) is 33.1 Å². The van der Waals surface area contributed by atoms with Gasteiger partial charge in [0.05, 0.1) is 0 Å². The number of thioether (sulfide) groups is 1. The van der Waals surface area contributed by atoms with E-state index in [1.165, 1.54) is 38.5 Å². The predicted molar refractivity (Wildman–Crippen MR) is 131 cm³/mol. The zero-order valence-corrected chi connectivity index (χ0v) is 21.2. The Bertz CT molecular complexity index is 569. The second-order valence-electron chi connectivity index (χ2n) is 7.93. The first-order valence-corrected chi connectivity index (χ1v) is 11.8. The van der Waals surface area contributed by atoms with Crippen LogP contribution < -0.4 is 10.6 Å². The first-order chi connectivity index (χ1) is 13.1. The van der Waals surface area contributed by atoms with Crippen LogP contribution in [-0.4, -0.2) is 47.1 Å². The Hall–Kier alpha value is -0.510. The number of halogens is 1. The molecule has 28 heavy (non-hydrogen) atoms. The maximum absolute atomic E-state index is 4.39. The van der Waals surface area contributed by atoms with E-state index >= 15 is 0 Å². The normalized spacial score (nSPS) is 15.1. The number of nitrogens with one attached hydrogen (secondary N) is 2. The van der Waals surface area contributed by atoms with Gasteiger partial charge in [0.1, 0.15) is 5.82 Å². The Morgan fingerprint density at radius 2 is 1.86 bits per heavy atom. The van der Waals surface area contributed by atoms with Gasteiger partial charge < -0.3 is 15.2 Å². The summed E-state index contributed by atoms with van der Waals surface area (Å²) in [5, 5.41) is 16.6. The molecule has 0 aliphatic heterocycles. The summed E-state index contributed by atoms with van der Waals surface area (Å²) in [5.41, 5.74) is 0. The lowest BCUT2D eigenvalue weighted by Gasteiger charge is -2.14. The van der Waals surface area contributed by atoms with E-state index in [4.69, 9.17) is 0 Å². The quantitative estimate of drug-likeness (QED) is 0.149. The topological polar surface area (TPSA) is 67.1 Å². The highest BCUT2D eigenvalue weighted by Gasteiger charge is 2.14. The molecule has 0 saturated heterocycles. The summed E-state index contributed by atoms with van der Waals surface area (Å²) >= 11 is 1.67. The summed E-state index contributed by atoms with van der Waals surface area (Å²) in [4.78, 5) is 4.33. The van der Waals surface area contributed by atoms with Gasteiger partial charge in [-0.2, -0.15) is 0 Å². The zero-order chi connectivity index (χ0) is 19.5. The molecular formula is C20H39IN6S. The fourth-order valence-electron chi connectivity index (χ4n) is 3.77. The van der Waals surface area contributed by atoms with Crippen LogP contribution in [0.2, 0.25) is 0 Å². The second kappa shape index (κ2) is 14.5. The van der Waals surface area contributed by atoms with Crippen molar-refractivity contribution in [2.75, 3.05) is 26.4 Å². The Morgan fingerprint density at radius 1 is 1.18 bits per heavy atom. The average Bonchev–Trinajstić information content (AvgIpc) is 3.30. The van der Waals surface area contributed by atoms with Gasteiger partial charge in [-0.05, 0) is 37.4 Å². The molecule has 2 N–H and O–H groups in total.